The first-order valence-electron chi connectivity index (χ1n) is 8.29. The minimum atomic E-state index is -0.237. The fourth-order valence-corrected chi connectivity index (χ4v) is 3.14. The van der Waals surface area contributed by atoms with E-state index in [1.807, 2.05) is 17.2 Å². The lowest BCUT2D eigenvalue weighted by molar-refractivity contribution is -0.141. The second kappa shape index (κ2) is 6.56. The summed E-state index contributed by atoms with van der Waals surface area (Å²) in [4.78, 5) is 25.3. The van der Waals surface area contributed by atoms with E-state index in [1.165, 1.54) is 0 Å². The van der Waals surface area contributed by atoms with Crippen LogP contribution >= 0.6 is 0 Å². The Labute approximate surface area is 140 Å². The van der Waals surface area contributed by atoms with Crippen LogP contribution in [0, 0.1) is 0 Å². The molecule has 1 amide bonds. The first kappa shape index (κ1) is 15.1. The Morgan fingerprint density at radius 3 is 2.71 bits per heavy atom. The molecule has 2 aromatic rings. The normalized spacial score (nSPS) is 21.2. The molecule has 8 nitrogen and oxygen atoms in total. The van der Waals surface area contributed by atoms with E-state index in [2.05, 4.69) is 20.0 Å². The molecule has 0 spiro atoms. The summed E-state index contributed by atoms with van der Waals surface area (Å²) >= 11 is 0. The van der Waals surface area contributed by atoms with Crippen LogP contribution in [0.5, 0.6) is 0 Å². The topological polar surface area (TPSA) is 76.4 Å². The van der Waals surface area contributed by atoms with Gasteiger partial charge in [-0.1, -0.05) is 0 Å². The second-order valence-corrected chi connectivity index (χ2v) is 6.00. The highest BCUT2D eigenvalue weighted by atomic mass is 16.5. The van der Waals surface area contributed by atoms with Crippen molar-refractivity contribution in [3.63, 3.8) is 0 Å². The van der Waals surface area contributed by atoms with Crippen molar-refractivity contribution in [1.29, 1.82) is 0 Å². The van der Waals surface area contributed by atoms with Gasteiger partial charge in [-0.25, -0.2) is 9.67 Å². The lowest BCUT2D eigenvalue weighted by Crippen LogP contribution is -2.51. The third kappa shape index (κ3) is 2.96. The Kier molecular flexibility index (Phi) is 4.12. The Morgan fingerprint density at radius 1 is 1.17 bits per heavy atom. The number of carbonyl (C=O) groups is 1. The molecule has 0 radical (unpaired) electrons. The maximum atomic E-state index is 12.4. The molecule has 2 aliphatic heterocycles. The van der Waals surface area contributed by atoms with Crippen molar-refractivity contribution in [3.05, 3.63) is 30.9 Å². The lowest BCUT2D eigenvalue weighted by Gasteiger charge is -2.36. The number of piperazine rings is 1. The van der Waals surface area contributed by atoms with Gasteiger partial charge in [0.25, 0.3) is 5.91 Å². The van der Waals surface area contributed by atoms with Crippen LogP contribution in [-0.4, -0.2) is 69.4 Å². The van der Waals surface area contributed by atoms with Crippen LogP contribution in [0.4, 0.5) is 5.82 Å². The number of carbonyl (C=O) groups excluding carboxylic acids is 1. The van der Waals surface area contributed by atoms with Crippen LogP contribution in [0.15, 0.2) is 30.9 Å². The van der Waals surface area contributed by atoms with Gasteiger partial charge in [-0.15, -0.1) is 0 Å². The third-order valence-electron chi connectivity index (χ3n) is 4.47. The van der Waals surface area contributed by atoms with Gasteiger partial charge in [0.15, 0.2) is 5.82 Å². The number of hydrogen-bond donors (Lipinski definition) is 0. The van der Waals surface area contributed by atoms with Gasteiger partial charge in [0, 0.05) is 45.2 Å². The Hall–Kier alpha value is -2.48. The van der Waals surface area contributed by atoms with E-state index in [4.69, 9.17) is 4.74 Å². The van der Waals surface area contributed by atoms with E-state index < -0.39 is 0 Å². The highest BCUT2D eigenvalue weighted by molar-refractivity contribution is 5.81. The van der Waals surface area contributed by atoms with E-state index in [0.29, 0.717) is 25.5 Å². The molecule has 8 heteroatoms. The van der Waals surface area contributed by atoms with Gasteiger partial charge in [-0.3, -0.25) is 9.78 Å². The number of nitrogens with zero attached hydrogens (tertiary/aromatic N) is 6. The molecule has 0 saturated carbocycles. The summed E-state index contributed by atoms with van der Waals surface area (Å²) in [6, 6.07) is 1.85. The fourth-order valence-electron chi connectivity index (χ4n) is 3.14. The first-order valence-corrected chi connectivity index (χ1v) is 8.29. The van der Waals surface area contributed by atoms with E-state index in [-0.39, 0.29) is 12.0 Å². The molecule has 4 heterocycles. The summed E-state index contributed by atoms with van der Waals surface area (Å²) in [6.07, 6.45) is 8.58. The maximum Gasteiger partial charge on any atom is 0.251 e. The zero-order valence-electron chi connectivity index (χ0n) is 13.4. The quantitative estimate of drug-likeness (QED) is 0.816. The Bertz CT molecular complexity index is 690. The van der Waals surface area contributed by atoms with Gasteiger partial charge < -0.3 is 14.5 Å². The minimum Gasteiger partial charge on any atom is -0.368 e. The van der Waals surface area contributed by atoms with Crippen LogP contribution in [-0.2, 0) is 9.53 Å². The van der Waals surface area contributed by atoms with Crippen molar-refractivity contribution in [2.24, 2.45) is 0 Å². The average Bonchev–Trinajstić information content (AvgIpc) is 3.35. The standard InChI is InChI=1S/C16H20N6O2/c23-16(13-3-1-10-24-13)21-8-6-20(7-9-21)14-11-17-12-15(19-14)22-5-2-4-18-22/h2,4-5,11-13H,1,3,6-10H2/t13-/m0/s1. The van der Waals surface area contributed by atoms with Gasteiger partial charge in [0.05, 0.1) is 12.4 Å². The molecular weight excluding hydrogens is 308 g/mol. The third-order valence-corrected chi connectivity index (χ3v) is 4.47. The Morgan fingerprint density at radius 2 is 2.00 bits per heavy atom. The van der Waals surface area contributed by atoms with Crippen molar-refractivity contribution in [2.75, 3.05) is 37.7 Å². The fraction of sp³-hybridized carbons (Fsp3) is 0.500. The number of anilines is 1. The number of aromatic nitrogens is 4. The molecule has 0 aliphatic carbocycles. The van der Waals surface area contributed by atoms with Gasteiger partial charge in [-0.05, 0) is 18.9 Å². The lowest BCUT2D eigenvalue weighted by atomic mass is 10.2. The van der Waals surface area contributed by atoms with E-state index >= 15 is 0 Å². The second-order valence-electron chi connectivity index (χ2n) is 6.00. The highest BCUT2D eigenvalue weighted by Gasteiger charge is 2.30. The number of ether oxygens (including phenoxy) is 1. The van der Waals surface area contributed by atoms with Gasteiger partial charge in [0.2, 0.25) is 0 Å². The molecule has 2 aliphatic rings. The predicted octanol–water partition coefficient (Wildman–Crippen LogP) is 0.490. The summed E-state index contributed by atoms with van der Waals surface area (Å²) in [7, 11) is 0. The summed E-state index contributed by atoms with van der Waals surface area (Å²) in [5, 5.41) is 4.18. The largest absolute Gasteiger partial charge is 0.368 e. The molecule has 1 atom stereocenters. The monoisotopic (exact) mass is 328 g/mol. The number of amides is 1. The molecule has 0 bridgehead atoms. The molecule has 2 saturated heterocycles. The van der Waals surface area contributed by atoms with Gasteiger partial charge in [-0.2, -0.15) is 5.10 Å². The molecule has 0 unspecified atom stereocenters. The predicted molar refractivity (Wildman–Crippen MR) is 86.9 cm³/mol. The van der Waals surface area contributed by atoms with Crippen molar-refractivity contribution in [3.8, 4) is 5.82 Å². The molecule has 2 aromatic heterocycles. The van der Waals surface area contributed by atoms with E-state index in [1.54, 1.807) is 23.3 Å². The first-order chi connectivity index (χ1) is 11.8. The van der Waals surface area contributed by atoms with Gasteiger partial charge >= 0.3 is 0 Å². The SMILES string of the molecule is O=C([C@@H]1CCCO1)N1CCN(c2cncc(-n3cccn3)n2)CC1. The molecule has 0 N–H and O–H groups in total. The number of hydrogen-bond acceptors (Lipinski definition) is 6. The molecule has 24 heavy (non-hydrogen) atoms. The summed E-state index contributed by atoms with van der Waals surface area (Å²) < 4.78 is 7.19. The molecule has 2 fully saturated rings. The van der Waals surface area contributed by atoms with E-state index in [9.17, 15) is 4.79 Å². The zero-order chi connectivity index (χ0) is 16.4. The maximum absolute atomic E-state index is 12.4. The Balaban J connectivity index is 1.41. The highest BCUT2D eigenvalue weighted by Crippen LogP contribution is 2.18. The molecular formula is C16H20N6O2. The van der Waals surface area contributed by atoms with Crippen LogP contribution in [0.1, 0.15) is 12.8 Å². The summed E-state index contributed by atoms with van der Waals surface area (Å²) in [5.41, 5.74) is 0. The number of rotatable bonds is 3. The van der Waals surface area contributed by atoms with E-state index in [0.717, 1.165) is 31.7 Å². The van der Waals surface area contributed by atoms with Crippen molar-refractivity contribution in [2.45, 2.75) is 18.9 Å². The van der Waals surface area contributed by atoms with Crippen LogP contribution in [0.3, 0.4) is 0 Å². The van der Waals surface area contributed by atoms with Crippen molar-refractivity contribution >= 4 is 11.7 Å². The average molecular weight is 328 g/mol. The minimum absolute atomic E-state index is 0.128. The van der Waals surface area contributed by atoms with Crippen LogP contribution < -0.4 is 4.90 Å². The molecule has 0 aromatic carbocycles. The molecule has 126 valence electrons. The smallest absolute Gasteiger partial charge is 0.251 e. The van der Waals surface area contributed by atoms with Gasteiger partial charge in [0.1, 0.15) is 11.9 Å². The van der Waals surface area contributed by atoms with Crippen molar-refractivity contribution < 1.29 is 9.53 Å². The van der Waals surface area contributed by atoms with Crippen LogP contribution in [0.2, 0.25) is 0 Å². The van der Waals surface area contributed by atoms with Crippen LogP contribution in [0.25, 0.3) is 5.82 Å². The summed E-state index contributed by atoms with van der Waals surface area (Å²) in [6.45, 7) is 3.57. The zero-order valence-corrected chi connectivity index (χ0v) is 13.4. The van der Waals surface area contributed by atoms with Crippen molar-refractivity contribution in [1.82, 2.24) is 24.6 Å². The molecule has 4 rings (SSSR count). The summed E-state index contributed by atoms with van der Waals surface area (Å²) in [5.74, 6) is 1.63.